The van der Waals surface area contributed by atoms with Crippen LogP contribution in [0.3, 0.4) is 0 Å². The van der Waals surface area contributed by atoms with E-state index in [2.05, 4.69) is 0 Å². The molecule has 0 bridgehead atoms. The fourth-order valence-electron chi connectivity index (χ4n) is 1.48. The molecule has 0 aliphatic heterocycles. The summed E-state index contributed by atoms with van der Waals surface area (Å²) in [6.07, 6.45) is -4.60. The van der Waals surface area contributed by atoms with Crippen molar-refractivity contribution in [2.75, 3.05) is 19.6 Å². The van der Waals surface area contributed by atoms with Crippen LogP contribution >= 0.6 is 0 Å². The van der Waals surface area contributed by atoms with Crippen LogP contribution in [0, 0.1) is 0 Å². The second-order valence-corrected chi connectivity index (χ2v) is 5.80. The quantitative estimate of drug-likeness (QED) is 0.784. The van der Waals surface area contributed by atoms with Crippen molar-refractivity contribution in [3.63, 3.8) is 0 Å². The van der Waals surface area contributed by atoms with Gasteiger partial charge in [0.05, 0.1) is 0 Å². The average molecular weight is 311 g/mol. The molecule has 1 aromatic rings. The van der Waals surface area contributed by atoms with Gasteiger partial charge in [-0.05, 0) is 5.56 Å². The number of hydrogen-bond acceptors (Lipinski definition) is 3. The van der Waals surface area contributed by atoms with Gasteiger partial charge < -0.3 is 5.73 Å². The maximum Gasteiger partial charge on any atom is 0.402 e. The van der Waals surface area contributed by atoms with Crippen molar-refractivity contribution in [1.82, 2.24) is 9.03 Å². The number of rotatable bonds is 7. The third-order valence-corrected chi connectivity index (χ3v) is 3.88. The molecule has 0 heterocycles. The van der Waals surface area contributed by atoms with Crippen LogP contribution in [-0.4, -0.2) is 38.5 Å². The molecule has 0 fully saturated rings. The van der Waals surface area contributed by atoms with Crippen LogP contribution in [0.4, 0.5) is 13.2 Å². The van der Waals surface area contributed by atoms with Crippen LogP contribution in [0.15, 0.2) is 30.3 Å². The highest BCUT2D eigenvalue weighted by Crippen LogP contribution is 2.14. The topological polar surface area (TPSA) is 75.4 Å². The normalized spacial score (nSPS) is 12.8. The zero-order valence-corrected chi connectivity index (χ0v) is 11.4. The molecule has 20 heavy (non-hydrogen) atoms. The summed E-state index contributed by atoms with van der Waals surface area (Å²) in [5, 5.41) is 0. The van der Waals surface area contributed by atoms with Crippen LogP contribution in [0.1, 0.15) is 5.56 Å². The average Bonchev–Trinajstić information content (AvgIpc) is 2.37. The number of hydrogen-bond donors (Lipinski definition) is 2. The maximum absolute atomic E-state index is 12.1. The third-order valence-electron chi connectivity index (χ3n) is 2.38. The van der Waals surface area contributed by atoms with Gasteiger partial charge in [0, 0.05) is 19.6 Å². The number of nitrogens with zero attached hydrogens (tertiary/aromatic N) is 1. The molecule has 0 radical (unpaired) electrons. The van der Waals surface area contributed by atoms with Gasteiger partial charge in [-0.3, -0.25) is 0 Å². The molecule has 1 rings (SSSR count). The minimum atomic E-state index is -4.60. The van der Waals surface area contributed by atoms with Crippen molar-refractivity contribution in [3.8, 4) is 0 Å². The van der Waals surface area contributed by atoms with Crippen molar-refractivity contribution < 1.29 is 21.6 Å². The first-order valence-corrected chi connectivity index (χ1v) is 7.24. The molecular weight excluding hydrogens is 295 g/mol. The third kappa shape index (κ3) is 5.87. The van der Waals surface area contributed by atoms with Crippen LogP contribution in [0.2, 0.25) is 0 Å². The summed E-state index contributed by atoms with van der Waals surface area (Å²) in [5.74, 6) is 0. The summed E-state index contributed by atoms with van der Waals surface area (Å²) in [4.78, 5) is 0. The number of nitrogens with one attached hydrogen (secondary N) is 1. The maximum atomic E-state index is 12.1. The van der Waals surface area contributed by atoms with E-state index in [1.54, 1.807) is 30.3 Å². The van der Waals surface area contributed by atoms with Crippen LogP contribution in [-0.2, 0) is 16.8 Å². The van der Waals surface area contributed by atoms with E-state index in [9.17, 15) is 21.6 Å². The van der Waals surface area contributed by atoms with Gasteiger partial charge in [-0.15, -0.1) is 0 Å². The standard InChI is InChI=1S/C11H16F3N3O2S/c12-11(13,14)9-16-20(18,19)17(7-6-15)8-10-4-2-1-3-5-10/h1-5,16H,6-9,15H2. The second kappa shape index (κ2) is 7.02. The largest absolute Gasteiger partial charge is 0.402 e. The number of halogens is 3. The zero-order chi connectivity index (χ0) is 15.2. The lowest BCUT2D eigenvalue weighted by Gasteiger charge is -2.22. The van der Waals surface area contributed by atoms with Crippen molar-refractivity contribution in [1.29, 1.82) is 0 Å². The summed E-state index contributed by atoms with van der Waals surface area (Å²) < 4.78 is 62.3. The van der Waals surface area contributed by atoms with Gasteiger partial charge in [-0.25, -0.2) is 0 Å². The van der Waals surface area contributed by atoms with E-state index in [1.807, 2.05) is 0 Å². The Morgan fingerprint density at radius 3 is 2.30 bits per heavy atom. The molecule has 5 nitrogen and oxygen atoms in total. The van der Waals surface area contributed by atoms with E-state index < -0.39 is 22.9 Å². The minimum absolute atomic E-state index is 0.0137. The molecule has 0 saturated heterocycles. The molecule has 114 valence electrons. The van der Waals surface area contributed by atoms with Crippen LogP contribution in [0.25, 0.3) is 0 Å². The molecule has 3 N–H and O–H groups in total. The van der Waals surface area contributed by atoms with Gasteiger partial charge in [-0.2, -0.15) is 30.6 Å². The van der Waals surface area contributed by atoms with E-state index in [4.69, 9.17) is 5.73 Å². The summed E-state index contributed by atoms with van der Waals surface area (Å²) in [6, 6.07) is 8.55. The smallest absolute Gasteiger partial charge is 0.329 e. The highest BCUT2D eigenvalue weighted by Gasteiger charge is 2.31. The van der Waals surface area contributed by atoms with Crippen molar-refractivity contribution >= 4 is 10.2 Å². The summed E-state index contributed by atoms with van der Waals surface area (Å²) in [7, 11) is -4.23. The Hall–Kier alpha value is -1.16. The van der Waals surface area contributed by atoms with Crippen molar-refractivity contribution in [2.24, 2.45) is 5.73 Å². The predicted octanol–water partition coefficient (Wildman–Crippen LogP) is 0.844. The number of benzene rings is 1. The molecule has 0 aromatic heterocycles. The van der Waals surface area contributed by atoms with E-state index in [0.717, 1.165) is 4.31 Å². The highest BCUT2D eigenvalue weighted by molar-refractivity contribution is 7.87. The number of nitrogens with two attached hydrogens (primary N) is 1. The van der Waals surface area contributed by atoms with E-state index in [-0.39, 0.29) is 19.6 Å². The van der Waals surface area contributed by atoms with Crippen LogP contribution < -0.4 is 10.5 Å². The molecule has 0 unspecified atom stereocenters. The Labute approximate surface area is 115 Å². The first-order chi connectivity index (χ1) is 9.24. The van der Waals surface area contributed by atoms with E-state index in [1.165, 1.54) is 4.72 Å². The van der Waals surface area contributed by atoms with Gasteiger partial charge >= 0.3 is 6.18 Å². The fourth-order valence-corrected chi connectivity index (χ4v) is 2.67. The lowest BCUT2D eigenvalue weighted by atomic mass is 10.2. The molecular formula is C11H16F3N3O2S. The lowest BCUT2D eigenvalue weighted by Crippen LogP contribution is -2.45. The van der Waals surface area contributed by atoms with Crippen molar-refractivity contribution in [3.05, 3.63) is 35.9 Å². The SMILES string of the molecule is NCCN(Cc1ccccc1)S(=O)(=O)NCC(F)(F)F. The Bertz CT molecular complexity index is 505. The summed E-state index contributed by atoms with van der Waals surface area (Å²) in [6.45, 7) is -1.70. The lowest BCUT2D eigenvalue weighted by molar-refractivity contribution is -0.121. The summed E-state index contributed by atoms with van der Waals surface area (Å²) >= 11 is 0. The molecule has 0 aliphatic carbocycles. The molecule has 0 atom stereocenters. The molecule has 0 aliphatic rings. The zero-order valence-electron chi connectivity index (χ0n) is 10.6. The Morgan fingerprint density at radius 2 is 1.80 bits per heavy atom. The molecule has 0 amide bonds. The first kappa shape index (κ1) is 16.9. The van der Waals surface area contributed by atoms with Gasteiger partial charge in [0.25, 0.3) is 10.2 Å². The van der Waals surface area contributed by atoms with Crippen LogP contribution in [0.5, 0.6) is 0 Å². The van der Waals surface area contributed by atoms with E-state index in [0.29, 0.717) is 5.56 Å². The monoisotopic (exact) mass is 311 g/mol. The highest BCUT2D eigenvalue weighted by atomic mass is 32.2. The van der Waals surface area contributed by atoms with Gasteiger partial charge in [0.15, 0.2) is 0 Å². The first-order valence-electron chi connectivity index (χ1n) is 5.80. The Kier molecular flexibility index (Phi) is 5.93. The molecule has 0 spiro atoms. The van der Waals surface area contributed by atoms with Crippen molar-refractivity contribution in [2.45, 2.75) is 12.7 Å². The summed E-state index contributed by atoms with van der Waals surface area (Å²) in [5.41, 5.74) is 5.97. The molecule has 1 aromatic carbocycles. The Morgan fingerprint density at radius 1 is 1.20 bits per heavy atom. The second-order valence-electron chi connectivity index (χ2n) is 4.05. The number of alkyl halides is 3. The van der Waals surface area contributed by atoms with E-state index >= 15 is 0 Å². The van der Waals surface area contributed by atoms with Gasteiger partial charge in [0.2, 0.25) is 0 Å². The predicted molar refractivity (Wildman–Crippen MR) is 68.9 cm³/mol. The fraction of sp³-hybridized carbons (Fsp3) is 0.455. The molecule has 0 saturated carbocycles. The minimum Gasteiger partial charge on any atom is -0.329 e. The van der Waals surface area contributed by atoms with Gasteiger partial charge in [-0.1, -0.05) is 30.3 Å². The molecule has 9 heteroatoms. The van der Waals surface area contributed by atoms with Gasteiger partial charge in [0.1, 0.15) is 6.54 Å². The Balaban J connectivity index is 2.78.